The monoisotopic (exact) mass is 443 g/mol. The smallest absolute Gasteiger partial charge is 0.274 e. The number of aromatic nitrogens is 3. The maximum absolute atomic E-state index is 11.4. The third-order valence-electron chi connectivity index (χ3n) is 2.62. The first-order valence-electron chi connectivity index (χ1n) is 6.75. The summed E-state index contributed by atoms with van der Waals surface area (Å²) in [6.45, 7) is 5.50. The number of hydrogen-bond acceptors (Lipinski definition) is 6. The maximum atomic E-state index is 11.4. The molecule has 0 atom stereocenters. The summed E-state index contributed by atoms with van der Waals surface area (Å²) < 4.78 is 7.34. The van der Waals surface area contributed by atoms with Crippen LogP contribution in [0.15, 0.2) is 31.0 Å². The first kappa shape index (κ1) is 17.6. The topological polar surface area (TPSA) is 92.3 Å². The van der Waals surface area contributed by atoms with Gasteiger partial charge in [0.15, 0.2) is 0 Å². The second-order valence-electron chi connectivity index (χ2n) is 4.94. The molecule has 0 unspecified atom stereocenters. The number of hydrogen-bond donors (Lipinski definition) is 2. The number of nitrogens with one attached hydrogen (secondary N) is 2. The third kappa shape index (κ3) is 4.87. The van der Waals surface area contributed by atoms with Crippen molar-refractivity contribution in [2.75, 3.05) is 5.43 Å². The fourth-order valence-electron chi connectivity index (χ4n) is 1.61. The molecule has 0 amide bonds. The highest BCUT2D eigenvalue weighted by Gasteiger charge is 2.10. The largest absolute Gasteiger partial charge is 0.489 e. The van der Waals surface area contributed by atoms with E-state index in [4.69, 9.17) is 4.74 Å². The lowest BCUT2D eigenvalue weighted by atomic mass is 10.2. The Morgan fingerprint density at radius 1 is 1.30 bits per heavy atom. The molecular weight excluding hydrogens is 430 g/mol. The van der Waals surface area contributed by atoms with Gasteiger partial charge >= 0.3 is 0 Å². The molecule has 122 valence electrons. The number of benzene rings is 1. The Morgan fingerprint density at radius 3 is 2.52 bits per heavy atom. The van der Waals surface area contributed by atoms with Crippen molar-refractivity contribution in [1.82, 2.24) is 15.2 Å². The van der Waals surface area contributed by atoms with E-state index in [0.29, 0.717) is 5.69 Å². The highest BCUT2D eigenvalue weighted by atomic mass is 79.9. The van der Waals surface area contributed by atoms with Crippen LogP contribution >= 0.6 is 31.9 Å². The second kappa shape index (κ2) is 7.69. The Balaban J connectivity index is 2.13. The van der Waals surface area contributed by atoms with Crippen molar-refractivity contribution >= 4 is 44.0 Å². The van der Waals surface area contributed by atoms with Crippen LogP contribution in [0.3, 0.4) is 0 Å². The molecule has 0 fully saturated rings. The van der Waals surface area contributed by atoms with Crippen molar-refractivity contribution in [2.24, 2.45) is 5.10 Å². The lowest BCUT2D eigenvalue weighted by Gasteiger charge is -2.13. The van der Waals surface area contributed by atoms with Gasteiger partial charge in [0.05, 0.1) is 21.3 Å². The number of ether oxygens (including phenoxy) is 1. The minimum absolute atomic E-state index is 0.0701. The van der Waals surface area contributed by atoms with Gasteiger partial charge in [0, 0.05) is 0 Å². The number of anilines is 1. The molecular formula is C14H15Br2N5O2. The van der Waals surface area contributed by atoms with Gasteiger partial charge in [0.2, 0.25) is 5.95 Å². The van der Waals surface area contributed by atoms with E-state index in [1.54, 1.807) is 13.1 Å². The molecule has 0 aliphatic carbocycles. The molecule has 23 heavy (non-hydrogen) atoms. The summed E-state index contributed by atoms with van der Waals surface area (Å²) in [5, 5.41) is 11.5. The van der Waals surface area contributed by atoms with E-state index in [0.717, 1.165) is 20.3 Å². The molecule has 0 radical (unpaired) electrons. The molecule has 7 nitrogen and oxygen atoms in total. The molecule has 0 saturated carbocycles. The van der Waals surface area contributed by atoms with E-state index in [2.05, 4.69) is 57.6 Å². The van der Waals surface area contributed by atoms with Crippen molar-refractivity contribution in [3.05, 3.63) is 42.7 Å². The van der Waals surface area contributed by atoms with Gasteiger partial charge in [0.25, 0.3) is 5.56 Å². The van der Waals surface area contributed by atoms with E-state index in [1.807, 2.05) is 26.0 Å². The summed E-state index contributed by atoms with van der Waals surface area (Å²) >= 11 is 6.95. The van der Waals surface area contributed by atoms with Crippen molar-refractivity contribution in [2.45, 2.75) is 26.9 Å². The Labute approximate surface area is 149 Å². The fraction of sp³-hybridized carbons (Fsp3) is 0.286. The zero-order chi connectivity index (χ0) is 17.0. The average molecular weight is 445 g/mol. The van der Waals surface area contributed by atoms with Crippen LogP contribution in [0.25, 0.3) is 0 Å². The predicted octanol–water partition coefficient (Wildman–Crippen LogP) is 3.23. The highest BCUT2D eigenvalue weighted by molar-refractivity contribution is 9.11. The van der Waals surface area contributed by atoms with Crippen molar-refractivity contribution in [3.63, 3.8) is 0 Å². The van der Waals surface area contributed by atoms with E-state index < -0.39 is 0 Å². The Hall–Kier alpha value is -1.74. The van der Waals surface area contributed by atoms with E-state index in [1.165, 1.54) is 0 Å². The van der Waals surface area contributed by atoms with Gasteiger partial charge in [-0.25, -0.2) is 5.43 Å². The van der Waals surface area contributed by atoms with Crippen LogP contribution in [0, 0.1) is 6.92 Å². The quantitative estimate of drug-likeness (QED) is 0.545. The summed E-state index contributed by atoms with van der Waals surface area (Å²) in [6, 6.07) is 3.74. The molecule has 1 aromatic heterocycles. The van der Waals surface area contributed by atoms with Crippen LogP contribution in [0.2, 0.25) is 0 Å². The van der Waals surface area contributed by atoms with Gasteiger partial charge in [-0.15, -0.1) is 10.2 Å². The maximum Gasteiger partial charge on any atom is 0.274 e. The normalized spacial score (nSPS) is 11.2. The zero-order valence-corrected chi connectivity index (χ0v) is 15.9. The number of halogens is 2. The van der Waals surface area contributed by atoms with Crippen LogP contribution < -0.4 is 15.7 Å². The summed E-state index contributed by atoms with van der Waals surface area (Å²) in [6.07, 6.45) is 1.66. The fourth-order valence-corrected chi connectivity index (χ4v) is 3.02. The highest BCUT2D eigenvalue weighted by Crippen LogP contribution is 2.35. The Kier molecular flexibility index (Phi) is 5.89. The lowest BCUT2D eigenvalue weighted by molar-refractivity contribution is 0.239. The summed E-state index contributed by atoms with van der Waals surface area (Å²) in [7, 11) is 0. The Bertz CT molecular complexity index is 766. The molecule has 2 rings (SSSR count). The van der Waals surface area contributed by atoms with Crippen molar-refractivity contribution in [3.8, 4) is 5.75 Å². The van der Waals surface area contributed by atoms with Crippen LogP contribution in [-0.4, -0.2) is 27.5 Å². The van der Waals surface area contributed by atoms with Gasteiger partial charge < -0.3 is 4.74 Å². The van der Waals surface area contributed by atoms with Gasteiger partial charge in [0.1, 0.15) is 11.4 Å². The van der Waals surface area contributed by atoms with E-state index >= 15 is 0 Å². The number of aryl methyl sites for hydroxylation is 1. The first-order chi connectivity index (χ1) is 10.9. The van der Waals surface area contributed by atoms with E-state index in [-0.39, 0.29) is 17.6 Å². The van der Waals surface area contributed by atoms with E-state index in [9.17, 15) is 4.79 Å². The number of nitrogens with zero attached hydrogens (tertiary/aromatic N) is 3. The van der Waals surface area contributed by atoms with Gasteiger partial charge in [-0.05, 0) is 70.3 Å². The van der Waals surface area contributed by atoms with Crippen molar-refractivity contribution < 1.29 is 4.74 Å². The standard InChI is InChI=1S/C14H15Br2N5O2/c1-7(2)23-12-10(15)4-9(5-11(12)16)6-17-20-14-18-13(22)8(3)19-21-14/h4-7H,1-3H3,(H2,18,20,21,22)/b17-6+. The molecule has 0 saturated heterocycles. The lowest BCUT2D eigenvalue weighted by Crippen LogP contribution is -2.15. The summed E-state index contributed by atoms with van der Waals surface area (Å²) in [5.41, 5.74) is 3.45. The number of rotatable bonds is 5. The third-order valence-corrected chi connectivity index (χ3v) is 3.80. The van der Waals surface area contributed by atoms with Gasteiger partial charge in [-0.1, -0.05) is 0 Å². The molecule has 0 aliphatic rings. The molecule has 2 aromatic rings. The summed E-state index contributed by atoms with van der Waals surface area (Å²) in [4.78, 5) is 13.9. The number of H-pyrrole nitrogens is 1. The summed E-state index contributed by atoms with van der Waals surface area (Å²) in [5.74, 6) is 0.911. The van der Waals surface area contributed by atoms with Crippen LogP contribution in [0.5, 0.6) is 5.75 Å². The Morgan fingerprint density at radius 2 is 1.96 bits per heavy atom. The SMILES string of the molecule is Cc1nnc(N/N=C/c2cc(Br)c(OC(C)C)c(Br)c2)[nH]c1=O. The van der Waals surface area contributed by atoms with Crippen LogP contribution in [0.1, 0.15) is 25.1 Å². The minimum atomic E-state index is -0.307. The number of hydrazone groups is 1. The molecule has 0 bridgehead atoms. The predicted molar refractivity (Wildman–Crippen MR) is 96.2 cm³/mol. The first-order valence-corrected chi connectivity index (χ1v) is 8.34. The van der Waals surface area contributed by atoms with Gasteiger partial charge in [-0.3, -0.25) is 9.78 Å². The minimum Gasteiger partial charge on any atom is -0.489 e. The average Bonchev–Trinajstić information content (AvgIpc) is 2.46. The molecule has 9 heteroatoms. The van der Waals surface area contributed by atoms with Crippen molar-refractivity contribution in [1.29, 1.82) is 0 Å². The van der Waals surface area contributed by atoms with Crippen LogP contribution in [-0.2, 0) is 0 Å². The van der Waals surface area contributed by atoms with Crippen LogP contribution in [0.4, 0.5) is 5.95 Å². The van der Waals surface area contributed by atoms with Gasteiger partial charge in [-0.2, -0.15) is 5.10 Å². The molecule has 1 heterocycles. The molecule has 1 aromatic carbocycles. The number of aromatic amines is 1. The second-order valence-corrected chi connectivity index (χ2v) is 6.65. The molecule has 0 aliphatic heterocycles. The zero-order valence-electron chi connectivity index (χ0n) is 12.7. The molecule has 2 N–H and O–H groups in total. The molecule has 0 spiro atoms.